The maximum Gasteiger partial charge on any atom is 0.310 e. The minimum atomic E-state index is -1.14. The zero-order valence-corrected chi connectivity index (χ0v) is 30.6. The Morgan fingerprint density at radius 1 is 0.623 bits per heavy atom. The predicted molar refractivity (Wildman–Crippen MR) is 212 cm³/mol. The van der Waals surface area contributed by atoms with E-state index in [2.05, 4.69) is 34.4 Å². The zero-order chi connectivity index (χ0) is 42.3. The number of carbonyl (C=O) groups is 2. The smallest absolute Gasteiger partial charge is 0.310 e. The van der Waals surface area contributed by atoms with Crippen molar-refractivity contribution in [3.05, 3.63) is 166 Å². The number of carboxylic acid groups (broad SMARTS) is 1. The van der Waals surface area contributed by atoms with Gasteiger partial charge in [0.15, 0.2) is 46.2 Å². The topological polar surface area (TPSA) is 161 Å². The number of hydrogen-bond donors (Lipinski definition) is 1. The number of ether oxygens (including phenoxy) is 5. The van der Waals surface area contributed by atoms with Gasteiger partial charge in [-0.2, -0.15) is 9.97 Å². The number of esters is 1. The van der Waals surface area contributed by atoms with Gasteiger partial charge < -0.3 is 28.8 Å². The Morgan fingerprint density at radius 2 is 1.07 bits per heavy atom. The molecular weight excluding hydrogens is 804 g/mol. The highest BCUT2D eigenvalue weighted by atomic mass is 19.1. The van der Waals surface area contributed by atoms with Crippen LogP contribution >= 0.6 is 0 Å². The molecule has 2 aromatic heterocycles. The van der Waals surface area contributed by atoms with Crippen LogP contribution in [0.25, 0.3) is 9.69 Å². The van der Waals surface area contributed by atoms with Gasteiger partial charge in [0.25, 0.3) is 0 Å². The lowest BCUT2D eigenvalue weighted by Crippen LogP contribution is -2.06. The van der Waals surface area contributed by atoms with Crippen LogP contribution in [0.3, 0.4) is 0 Å². The first kappa shape index (κ1) is 47.3. The fraction of sp³-hybridized carbons (Fsp3) is 0.163. The largest absolute Gasteiger partial charge is 0.483 e. The Morgan fingerprint density at radius 3 is 1.44 bits per heavy atom. The van der Waals surface area contributed by atoms with E-state index in [0.29, 0.717) is 0 Å². The summed E-state index contributed by atoms with van der Waals surface area (Å²) in [7, 11) is 1.23. The number of aliphatic carboxylic acids is 1. The molecule has 0 bridgehead atoms. The number of methoxy groups -OCH3 is 1. The summed E-state index contributed by atoms with van der Waals surface area (Å²) in [6.45, 7) is 13.4. The lowest BCUT2D eigenvalue weighted by molar-refractivity contribution is -0.140. The number of benzene rings is 4. The second kappa shape index (κ2) is 22.7. The number of nitrogens with zero attached hydrogens (tertiary/aromatic N) is 6. The lowest BCUT2D eigenvalue weighted by atomic mass is 10.1. The molecule has 0 atom stereocenters. The molecule has 314 valence electrons. The van der Waals surface area contributed by atoms with Crippen LogP contribution < -0.4 is 18.9 Å². The van der Waals surface area contributed by atoms with E-state index in [1.165, 1.54) is 80.2 Å². The Labute approximate surface area is 347 Å². The molecule has 0 amide bonds. The van der Waals surface area contributed by atoms with Crippen LogP contribution in [0.15, 0.2) is 97.3 Å². The van der Waals surface area contributed by atoms with E-state index >= 15 is 0 Å². The summed E-state index contributed by atoms with van der Waals surface area (Å²) in [4.78, 5) is 44.5. The maximum atomic E-state index is 14.1. The summed E-state index contributed by atoms with van der Waals surface area (Å²) in [6, 6.07) is 18.4. The molecule has 0 spiro atoms. The van der Waals surface area contributed by atoms with Crippen LogP contribution in [-0.2, 0) is 40.4 Å². The first-order valence-electron chi connectivity index (χ1n) is 16.9. The summed E-state index contributed by atoms with van der Waals surface area (Å²) < 4.78 is 82.0. The highest BCUT2D eigenvalue weighted by Gasteiger charge is 2.13. The van der Waals surface area contributed by atoms with Crippen LogP contribution in [0.1, 0.15) is 37.6 Å². The van der Waals surface area contributed by atoms with Crippen molar-refractivity contribution in [2.45, 2.75) is 40.9 Å². The molecule has 0 aliphatic carbocycles. The number of carboxylic acids is 1. The standard InChI is InChI=1S/C21H15F2N3O4.C20H13F2N3O4.2CH4/c1-24-14-4-6-18(17(23)10-14)29-12-19-25-8-7-20(26-19)30-15-5-3-13(16(22)11-15)9-21(27)28-2;1-23-13-3-5-17(16(22)9-13)28-11-18-24-7-6-19(25-18)29-14-4-2-12(8-20(26)27)15(21)10-14;;/h3-8,10-11H,9,12H2,2H3;2-7,9-10H,8,11H2,(H,26,27);2*1H4. The predicted octanol–water partition coefficient (Wildman–Crippen LogP) is 9.97. The molecular formula is C43H36F4N6O8. The van der Waals surface area contributed by atoms with Gasteiger partial charge >= 0.3 is 11.9 Å². The fourth-order valence-corrected chi connectivity index (χ4v) is 4.75. The van der Waals surface area contributed by atoms with Crippen LogP contribution in [0.2, 0.25) is 0 Å². The quantitative estimate of drug-likeness (QED) is 0.0629. The molecule has 0 saturated carbocycles. The van der Waals surface area contributed by atoms with Gasteiger partial charge in [-0.05, 0) is 47.5 Å². The van der Waals surface area contributed by atoms with Gasteiger partial charge in [-0.15, -0.1) is 0 Å². The summed E-state index contributed by atoms with van der Waals surface area (Å²) >= 11 is 0. The van der Waals surface area contributed by atoms with E-state index in [0.717, 1.165) is 24.3 Å². The van der Waals surface area contributed by atoms with Crippen molar-refractivity contribution in [3.8, 4) is 34.8 Å². The van der Waals surface area contributed by atoms with E-state index in [1.807, 2.05) is 0 Å². The molecule has 18 heteroatoms. The van der Waals surface area contributed by atoms with E-state index < -0.39 is 41.6 Å². The molecule has 0 saturated heterocycles. The summed E-state index contributed by atoms with van der Waals surface area (Å²) in [5.74, 6) is -3.51. The third kappa shape index (κ3) is 14.0. The number of halogens is 4. The van der Waals surface area contributed by atoms with Gasteiger partial charge in [0, 0.05) is 36.7 Å². The third-order valence-corrected chi connectivity index (χ3v) is 7.56. The average Bonchev–Trinajstić information content (AvgIpc) is 3.22. The number of rotatable bonds is 14. The van der Waals surface area contributed by atoms with Crippen LogP contribution in [0, 0.1) is 36.4 Å². The van der Waals surface area contributed by atoms with Gasteiger partial charge in [0.1, 0.15) is 36.3 Å². The minimum Gasteiger partial charge on any atom is -0.483 e. The van der Waals surface area contributed by atoms with Gasteiger partial charge in [-0.1, -0.05) is 39.1 Å². The minimum absolute atomic E-state index is 0. The van der Waals surface area contributed by atoms with Crippen molar-refractivity contribution in [1.29, 1.82) is 0 Å². The van der Waals surface area contributed by atoms with E-state index in [-0.39, 0.29) is 103 Å². The Balaban J connectivity index is 0.000000315. The monoisotopic (exact) mass is 840 g/mol. The molecule has 6 rings (SSSR count). The van der Waals surface area contributed by atoms with Crippen molar-refractivity contribution in [2.24, 2.45) is 0 Å². The highest BCUT2D eigenvalue weighted by Crippen LogP contribution is 2.27. The Hall–Kier alpha value is -8.12. The number of carbonyl (C=O) groups excluding carboxylic acids is 1. The van der Waals surface area contributed by atoms with Gasteiger partial charge in [0.2, 0.25) is 11.8 Å². The SMILES string of the molecule is C.C.[C-]#[N+]c1ccc(OCc2nccc(Oc3ccc(CC(=O)O)c(F)c3)n2)c(F)c1.[C-]#[N+]c1ccc(OCc2nccc(Oc3ccc(CC(=O)OC)c(F)c3)n2)c(F)c1. The normalized spacial score (nSPS) is 9.89. The average molecular weight is 841 g/mol. The van der Waals surface area contributed by atoms with Gasteiger partial charge in [0.05, 0.1) is 33.1 Å². The van der Waals surface area contributed by atoms with Crippen LogP contribution in [-0.4, -0.2) is 44.1 Å². The summed E-state index contributed by atoms with van der Waals surface area (Å²) in [5, 5.41) is 8.74. The van der Waals surface area contributed by atoms with Crippen molar-refractivity contribution in [3.63, 3.8) is 0 Å². The van der Waals surface area contributed by atoms with Crippen molar-refractivity contribution in [1.82, 2.24) is 19.9 Å². The number of hydrogen-bond acceptors (Lipinski definition) is 11. The summed E-state index contributed by atoms with van der Waals surface area (Å²) in [6.07, 6.45) is 2.19. The molecule has 2 heterocycles. The van der Waals surface area contributed by atoms with E-state index in [1.54, 1.807) is 0 Å². The Bertz CT molecular complexity index is 2570. The van der Waals surface area contributed by atoms with Crippen molar-refractivity contribution >= 4 is 23.3 Å². The molecule has 0 aliphatic heterocycles. The van der Waals surface area contributed by atoms with E-state index in [9.17, 15) is 27.2 Å². The van der Waals surface area contributed by atoms with Crippen molar-refractivity contribution < 1.29 is 55.9 Å². The molecule has 4 aromatic carbocycles. The molecule has 0 unspecified atom stereocenters. The highest BCUT2D eigenvalue weighted by molar-refractivity contribution is 5.72. The third-order valence-electron chi connectivity index (χ3n) is 7.56. The molecule has 14 nitrogen and oxygen atoms in total. The van der Waals surface area contributed by atoms with Crippen molar-refractivity contribution in [2.75, 3.05) is 7.11 Å². The van der Waals surface area contributed by atoms with E-state index in [4.69, 9.17) is 37.2 Å². The molecule has 0 fully saturated rings. The molecule has 0 radical (unpaired) electrons. The first-order chi connectivity index (χ1) is 28.4. The maximum absolute atomic E-state index is 14.1. The number of aromatic nitrogens is 4. The fourth-order valence-electron chi connectivity index (χ4n) is 4.75. The van der Waals surface area contributed by atoms with Gasteiger partial charge in [-0.3, -0.25) is 9.59 Å². The lowest BCUT2D eigenvalue weighted by Gasteiger charge is -2.09. The zero-order valence-electron chi connectivity index (χ0n) is 30.6. The van der Waals surface area contributed by atoms with Crippen LogP contribution in [0.4, 0.5) is 28.9 Å². The van der Waals surface area contributed by atoms with Gasteiger partial charge in [-0.25, -0.2) is 37.2 Å². The summed E-state index contributed by atoms with van der Waals surface area (Å²) in [5.41, 5.74) is 0.532. The molecule has 61 heavy (non-hydrogen) atoms. The molecule has 1 N–H and O–H groups in total. The second-order valence-corrected chi connectivity index (χ2v) is 11.7. The van der Waals surface area contributed by atoms with Crippen LogP contribution in [0.5, 0.6) is 34.8 Å². The molecule has 6 aromatic rings. The first-order valence-corrected chi connectivity index (χ1v) is 16.9. The second-order valence-electron chi connectivity index (χ2n) is 11.7. The molecule has 0 aliphatic rings. The Kier molecular flexibility index (Phi) is 17.6.